The molecular weight excluding hydrogens is 320 g/mol. The Kier molecular flexibility index (Phi) is 5.64. The second kappa shape index (κ2) is 7.92. The molecule has 3 heteroatoms. The minimum absolute atomic E-state index is 0.627. The average molecular weight is 348 g/mol. The second-order valence-corrected chi connectivity index (χ2v) is 10.2. The fraction of sp³-hybridized carbons (Fsp3) is 0.364. The zero-order valence-electron chi connectivity index (χ0n) is 15.7. The summed E-state index contributed by atoms with van der Waals surface area (Å²) in [5.41, 5.74) is 3.09. The monoisotopic (exact) mass is 347 g/mol. The lowest BCUT2D eigenvalue weighted by Crippen LogP contribution is -2.33. The van der Waals surface area contributed by atoms with E-state index in [0.29, 0.717) is 0 Å². The van der Waals surface area contributed by atoms with E-state index in [1.54, 1.807) is 0 Å². The fourth-order valence-corrected chi connectivity index (χ4v) is 6.82. The molecule has 3 aromatic rings. The van der Waals surface area contributed by atoms with Gasteiger partial charge < -0.3 is 0 Å². The van der Waals surface area contributed by atoms with E-state index in [9.17, 15) is 0 Å². The predicted molar refractivity (Wildman–Crippen MR) is 110 cm³/mol. The van der Waals surface area contributed by atoms with Crippen LogP contribution in [-0.2, 0) is 0 Å². The molecule has 1 radical (unpaired) electrons. The van der Waals surface area contributed by atoms with Gasteiger partial charge in [0.25, 0.3) is 0 Å². The smallest absolute Gasteiger partial charge is 0.0893 e. The minimum atomic E-state index is -0.627. The zero-order chi connectivity index (χ0) is 17.8. The van der Waals surface area contributed by atoms with Gasteiger partial charge in [0, 0.05) is 11.6 Å². The van der Waals surface area contributed by atoms with E-state index in [0.717, 1.165) is 23.2 Å². The molecule has 0 saturated carbocycles. The van der Waals surface area contributed by atoms with Crippen LogP contribution in [0.3, 0.4) is 0 Å². The van der Waals surface area contributed by atoms with Crippen LogP contribution in [0.5, 0.6) is 0 Å². The molecule has 0 amide bonds. The number of fused-ring (bicyclic) bond motifs is 1. The van der Waals surface area contributed by atoms with Crippen LogP contribution in [0.15, 0.2) is 54.7 Å². The molecule has 0 spiro atoms. The molecule has 2 aromatic heterocycles. The SMILES string of the molecule is CC(C)C[Si](CC(C)C)c1cccc2ccc(-c3ccccn3)nc12. The third-order valence-electron chi connectivity index (χ3n) is 4.34. The summed E-state index contributed by atoms with van der Waals surface area (Å²) in [5.74, 6) is 1.45. The highest BCUT2D eigenvalue weighted by atomic mass is 28.3. The van der Waals surface area contributed by atoms with E-state index < -0.39 is 8.80 Å². The first-order valence-electron chi connectivity index (χ1n) is 9.21. The summed E-state index contributed by atoms with van der Waals surface area (Å²) in [5, 5.41) is 2.73. The number of hydrogen-bond donors (Lipinski definition) is 0. The second-order valence-electron chi connectivity index (χ2n) is 7.59. The van der Waals surface area contributed by atoms with Gasteiger partial charge in [-0.15, -0.1) is 0 Å². The van der Waals surface area contributed by atoms with Gasteiger partial charge in [-0.1, -0.05) is 70.1 Å². The number of aromatic nitrogens is 2. The van der Waals surface area contributed by atoms with E-state index in [-0.39, 0.29) is 0 Å². The Morgan fingerprint density at radius 2 is 1.56 bits per heavy atom. The molecule has 0 aliphatic heterocycles. The Labute approximate surface area is 153 Å². The van der Waals surface area contributed by atoms with Crippen LogP contribution in [-0.4, -0.2) is 18.8 Å². The van der Waals surface area contributed by atoms with E-state index in [1.807, 2.05) is 24.4 Å². The lowest BCUT2D eigenvalue weighted by Gasteiger charge is -2.21. The topological polar surface area (TPSA) is 25.8 Å². The van der Waals surface area contributed by atoms with Crippen LogP contribution in [0.1, 0.15) is 27.7 Å². The summed E-state index contributed by atoms with van der Waals surface area (Å²) in [7, 11) is -0.627. The summed E-state index contributed by atoms with van der Waals surface area (Å²) < 4.78 is 0. The van der Waals surface area contributed by atoms with Gasteiger partial charge in [0.05, 0.1) is 25.7 Å². The fourth-order valence-electron chi connectivity index (χ4n) is 3.38. The van der Waals surface area contributed by atoms with E-state index in [1.165, 1.54) is 28.2 Å². The molecule has 0 unspecified atom stereocenters. The van der Waals surface area contributed by atoms with Crippen molar-refractivity contribution in [2.45, 2.75) is 39.8 Å². The van der Waals surface area contributed by atoms with Crippen LogP contribution in [0.2, 0.25) is 12.1 Å². The van der Waals surface area contributed by atoms with Crippen molar-refractivity contribution < 1.29 is 0 Å². The Morgan fingerprint density at radius 3 is 2.20 bits per heavy atom. The maximum Gasteiger partial charge on any atom is 0.0893 e. The third-order valence-corrected chi connectivity index (χ3v) is 8.12. The maximum atomic E-state index is 5.04. The van der Waals surface area contributed by atoms with E-state index in [4.69, 9.17) is 4.98 Å². The Hall–Kier alpha value is -2.00. The predicted octanol–water partition coefficient (Wildman–Crippen LogP) is 5.31. The summed E-state index contributed by atoms with van der Waals surface area (Å²) in [6.45, 7) is 9.34. The molecule has 0 fully saturated rings. The lowest BCUT2D eigenvalue weighted by atomic mass is 10.1. The van der Waals surface area contributed by atoms with Crippen molar-refractivity contribution in [3.05, 3.63) is 54.7 Å². The van der Waals surface area contributed by atoms with Crippen molar-refractivity contribution in [2.24, 2.45) is 11.8 Å². The highest BCUT2D eigenvalue weighted by Gasteiger charge is 2.20. The van der Waals surface area contributed by atoms with Gasteiger partial charge in [-0.25, -0.2) is 4.98 Å². The molecule has 0 N–H and O–H groups in total. The number of rotatable bonds is 6. The maximum absolute atomic E-state index is 5.04. The molecule has 0 atom stereocenters. The molecule has 0 saturated heterocycles. The standard InChI is InChI=1S/C22H27N2Si/c1-16(2)14-25(15-17(3)4)21-10-7-8-18-11-12-20(24-22(18)21)19-9-5-6-13-23-19/h5-13,16-17H,14-15H2,1-4H3. The van der Waals surface area contributed by atoms with Crippen LogP contribution >= 0.6 is 0 Å². The molecule has 3 rings (SSSR count). The van der Waals surface area contributed by atoms with Crippen LogP contribution < -0.4 is 5.19 Å². The zero-order valence-corrected chi connectivity index (χ0v) is 16.7. The molecule has 2 heterocycles. The number of nitrogens with zero attached hydrogens (tertiary/aromatic N) is 2. The van der Waals surface area contributed by atoms with Gasteiger partial charge in [0.1, 0.15) is 0 Å². The first kappa shape index (κ1) is 17.8. The molecule has 0 aliphatic rings. The average Bonchev–Trinajstić information content (AvgIpc) is 2.60. The number of pyridine rings is 2. The minimum Gasteiger partial charge on any atom is -0.255 e. The largest absolute Gasteiger partial charge is 0.255 e. The molecule has 2 nitrogen and oxygen atoms in total. The lowest BCUT2D eigenvalue weighted by molar-refractivity contribution is 0.694. The Morgan fingerprint density at radius 1 is 0.800 bits per heavy atom. The van der Waals surface area contributed by atoms with Gasteiger partial charge >= 0.3 is 0 Å². The molecule has 0 bridgehead atoms. The summed E-state index contributed by atoms with van der Waals surface area (Å²) in [4.78, 5) is 9.52. The molecule has 25 heavy (non-hydrogen) atoms. The van der Waals surface area contributed by atoms with Crippen LogP contribution in [0.25, 0.3) is 22.3 Å². The first-order valence-corrected chi connectivity index (χ1v) is 11.1. The number of para-hydroxylation sites is 1. The van der Waals surface area contributed by atoms with Crippen molar-refractivity contribution >= 4 is 24.9 Å². The summed E-state index contributed by atoms with van der Waals surface area (Å²) in [6.07, 6.45) is 1.83. The summed E-state index contributed by atoms with van der Waals surface area (Å²) in [6, 6.07) is 19.6. The summed E-state index contributed by atoms with van der Waals surface area (Å²) >= 11 is 0. The Bertz CT molecular complexity index is 818. The van der Waals surface area contributed by atoms with Gasteiger partial charge in [-0.2, -0.15) is 0 Å². The van der Waals surface area contributed by atoms with Crippen molar-refractivity contribution in [1.82, 2.24) is 9.97 Å². The molecular formula is C22H27N2Si. The van der Waals surface area contributed by atoms with Gasteiger partial charge in [-0.3, -0.25) is 4.98 Å². The van der Waals surface area contributed by atoms with E-state index in [2.05, 4.69) is 63.0 Å². The quantitative estimate of drug-likeness (QED) is 0.565. The van der Waals surface area contributed by atoms with Crippen molar-refractivity contribution in [3.8, 4) is 11.4 Å². The van der Waals surface area contributed by atoms with Gasteiger partial charge in [0.15, 0.2) is 0 Å². The molecule has 1 aromatic carbocycles. The Balaban J connectivity index is 2.10. The van der Waals surface area contributed by atoms with Crippen molar-refractivity contribution in [1.29, 1.82) is 0 Å². The van der Waals surface area contributed by atoms with Crippen molar-refractivity contribution in [3.63, 3.8) is 0 Å². The molecule has 129 valence electrons. The highest BCUT2D eigenvalue weighted by molar-refractivity contribution is 6.75. The van der Waals surface area contributed by atoms with Crippen LogP contribution in [0.4, 0.5) is 0 Å². The number of benzene rings is 1. The van der Waals surface area contributed by atoms with Crippen molar-refractivity contribution in [2.75, 3.05) is 0 Å². The number of hydrogen-bond acceptors (Lipinski definition) is 2. The normalized spacial score (nSPS) is 11.8. The van der Waals surface area contributed by atoms with Crippen LogP contribution in [0, 0.1) is 11.8 Å². The van der Waals surface area contributed by atoms with Gasteiger partial charge in [-0.05, 0) is 35.2 Å². The molecule has 0 aliphatic carbocycles. The third kappa shape index (κ3) is 4.34. The highest BCUT2D eigenvalue weighted by Crippen LogP contribution is 2.21. The van der Waals surface area contributed by atoms with Gasteiger partial charge in [0.2, 0.25) is 0 Å². The first-order chi connectivity index (χ1) is 12.0. The van der Waals surface area contributed by atoms with E-state index >= 15 is 0 Å².